The third-order valence-electron chi connectivity index (χ3n) is 4.77. The minimum atomic E-state index is -0.863. The molecule has 1 aliphatic heterocycles. The van der Waals surface area contributed by atoms with Gasteiger partial charge in [-0.2, -0.15) is 9.78 Å². The molecule has 3 aromatic rings. The maximum atomic E-state index is 13.0. The molecule has 1 N–H and O–H groups in total. The second-order valence-corrected chi connectivity index (χ2v) is 7.79. The Morgan fingerprint density at radius 3 is 2.80 bits per heavy atom. The first-order valence-corrected chi connectivity index (χ1v) is 10.00. The molecule has 4 rings (SSSR count). The molecule has 0 bridgehead atoms. The number of fused-ring (bicyclic) bond motifs is 1. The van der Waals surface area contributed by atoms with Gasteiger partial charge in [0.2, 0.25) is 0 Å². The Morgan fingerprint density at radius 1 is 1.27 bits per heavy atom. The van der Waals surface area contributed by atoms with E-state index in [9.17, 15) is 14.0 Å². The molecule has 0 saturated carbocycles. The van der Waals surface area contributed by atoms with Gasteiger partial charge in [-0.25, -0.2) is 9.18 Å². The van der Waals surface area contributed by atoms with Crippen molar-refractivity contribution in [1.29, 1.82) is 0 Å². The lowest BCUT2D eigenvalue weighted by molar-refractivity contribution is -0.120. The highest BCUT2D eigenvalue weighted by atomic mass is 79.9. The van der Waals surface area contributed by atoms with E-state index in [4.69, 9.17) is 4.74 Å². The molecule has 30 heavy (non-hydrogen) atoms. The number of ether oxygens (including phenoxy) is 1. The summed E-state index contributed by atoms with van der Waals surface area (Å²) >= 11 is 3.39. The maximum absolute atomic E-state index is 13.0. The summed E-state index contributed by atoms with van der Waals surface area (Å²) in [5.41, 5.74) is 2.14. The summed E-state index contributed by atoms with van der Waals surface area (Å²) in [7, 11) is 1.64. The number of nitrogens with zero attached hydrogens (tertiary/aromatic N) is 3. The molecule has 2 amide bonds. The van der Waals surface area contributed by atoms with Crippen LogP contribution in [-0.2, 0) is 11.2 Å². The zero-order valence-electron chi connectivity index (χ0n) is 16.0. The third kappa shape index (κ3) is 4.20. The Morgan fingerprint density at radius 2 is 2.03 bits per heavy atom. The van der Waals surface area contributed by atoms with Crippen molar-refractivity contribution >= 4 is 33.6 Å². The summed E-state index contributed by atoms with van der Waals surface area (Å²) in [5, 5.41) is 6.92. The number of hydrogen-bond donors (Lipinski definition) is 1. The molecule has 154 valence electrons. The standard InChI is InChI=1S/C21H18BrFN4O3/c1-26-18-11-14(22)4-7-19(18)30-12-17(20(26)28)24-21(29)27-9-8-16(25-27)10-13-2-5-15(23)6-3-13/h2-9,11,17H,10,12H2,1H3,(H,24,29). The van der Waals surface area contributed by atoms with Crippen LogP contribution in [0.2, 0.25) is 0 Å². The lowest BCUT2D eigenvalue weighted by Gasteiger charge is -2.20. The van der Waals surface area contributed by atoms with Crippen molar-refractivity contribution in [2.45, 2.75) is 12.5 Å². The van der Waals surface area contributed by atoms with Crippen LogP contribution in [0.4, 0.5) is 14.9 Å². The fourth-order valence-corrected chi connectivity index (χ4v) is 3.52. The first kappa shape index (κ1) is 20.1. The molecule has 1 unspecified atom stereocenters. The van der Waals surface area contributed by atoms with Crippen molar-refractivity contribution in [2.75, 3.05) is 18.6 Å². The van der Waals surface area contributed by atoms with Crippen molar-refractivity contribution in [3.8, 4) is 5.75 Å². The van der Waals surface area contributed by atoms with Crippen LogP contribution in [-0.4, -0.2) is 41.4 Å². The molecular weight excluding hydrogens is 455 g/mol. The van der Waals surface area contributed by atoms with E-state index in [-0.39, 0.29) is 18.3 Å². The number of carbonyl (C=O) groups is 2. The summed E-state index contributed by atoms with van der Waals surface area (Å²) < 4.78 is 20.7. The van der Waals surface area contributed by atoms with Crippen LogP contribution in [0, 0.1) is 5.82 Å². The molecule has 7 nitrogen and oxygen atoms in total. The van der Waals surface area contributed by atoms with Gasteiger partial charge in [-0.3, -0.25) is 4.79 Å². The van der Waals surface area contributed by atoms with Gasteiger partial charge in [-0.05, 0) is 42.0 Å². The van der Waals surface area contributed by atoms with Crippen molar-refractivity contribution < 1.29 is 18.7 Å². The average molecular weight is 473 g/mol. The number of hydrogen-bond acceptors (Lipinski definition) is 4. The number of amides is 2. The summed E-state index contributed by atoms with van der Waals surface area (Å²) in [6.07, 6.45) is 1.98. The Balaban J connectivity index is 1.44. The number of carbonyl (C=O) groups excluding carboxylic acids is 2. The Hall–Kier alpha value is -3.20. The monoisotopic (exact) mass is 472 g/mol. The molecule has 0 fully saturated rings. The van der Waals surface area contributed by atoms with E-state index in [0.717, 1.165) is 14.7 Å². The SMILES string of the molecule is CN1C(=O)C(NC(=O)n2ccc(Cc3ccc(F)cc3)n2)COc2ccc(Br)cc21. The van der Waals surface area contributed by atoms with Gasteiger partial charge < -0.3 is 15.0 Å². The maximum Gasteiger partial charge on any atom is 0.342 e. The molecule has 1 aromatic heterocycles. The van der Waals surface area contributed by atoms with Crippen LogP contribution in [0.3, 0.4) is 0 Å². The first-order valence-electron chi connectivity index (χ1n) is 9.20. The van der Waals surface area contributed by atoms with Gasteiger partial charge in [-0.1, -0.05) is 28.1 Å². The number of halogens is 2. The number of nitrogens with one attached hydrogen (secondary N) is 1. The van der Waals surface area contributed by atoms with E-state index in [0.29, 0.717) is 23.6 Å². The molecule has 0 spiro atoms. The molecule has 1 aliphatic rings. The van der Waals surface area contributed by atoms with Gasteiger partial charge in [0.05, 0.1) is 11.4 Å². The van der Waals surface area contributed by atoms with Gasteiger partial charge in [0, 0.05) is 24.1 Å². The first-order chi connectivity index (χ1) is 14.4. The normalized spacial score (nSPS) is 15.9. The zero-order valence-corrected chi connectivity index (χ0v) is 17.6. The van der Waals surface area contributed by atoms with E-state index in [2.05, 4.69) is 26.3 Å². The number of aromatic nitrogens is 2. The molecule has 2 heterocycles. The molecule has 0 aliphatic carbocycles. The van der Waals surface area contributed by atoms with Crippen LogP contribution in [0.1, 0.15) is 11.3 Å². The molecule has 0 radical (unpaired) electrons. The average Bonchev–Trinajstić information content (AvgIpc) is 3.17. The van der Waals surface area contributed by atoms with E-state index in [1.54, 1.807) is 37.4 Å². The van der Waals surface area contributed by atoms with Crippen molar-refractivity contribution in [2.24, 2.45) is 0 Å². The fourth-order valence-electron chi connectivity index (χ4n) is 3.17. The van der Waals surface area contributed by atoms with Crippen LogP contribution in [0.5, 0.6) is 5.75 Å². The van der Waals surface area contributed by atoms with E-state index < -0.39 is 12.1 Å². The highest BCUT2D eigenvalue weighted by molar-refractivity contribution is 9.10. The van der Waals surface area contributed by atoms with Crippen LogP contribution < -0.4 is 15.0 Å². The zero-order chi connectivity index (χ0) is 21.3. The smallest absolute Gasteiger partial charge is 0.342 e. The second-order valence-electron chi connectivity index (χ2n) is 6.88. The molecule has 0 saturated heterocycles. The number of benzene rings is 2. The minimum absolute atomic E-state index is 0.00719. The van der Waals surface area contributed by atoms with Crippen LogP contribution >= 0.6 is 15.9 Å². The van der Waals surface area contributed by atoms with Gasteiger partial charge >= 0.3 is 6.03 Å². The highest BCUT2D eigenvalue weighted by Crippen LogP contribution is 2.33. The predicted molar refractivity (Wildman–Crippen MR) is 112 cm³/mol. The van der Waals surface area contributed by atoms with Crippen molar-refractivity contribution in [3.05, 3.63) is 76.3 Å². The second kappa shape index (κ2) is 8.27. The summed E-state index contributed by atoms with van der Waals surface area (Å²) in [4.78, 5) is 26.9. The fraction of sp³-hybridized carbons (Fsp3) is 0.190. The van der Waals surface area contributed by atoms with Crippen molar-refractivity contribution in [3.63, 3.8) is 0 Å². The van der Waals surface area contributed by atoms with Gasteiger partial charge in [0.1, 0.15) is 24.2 Å². The van der Waals surface area contributed by atoms with Crippen LogP contribution in [0.25, 0.3) is 0 Å². The summed E-state index contributed by atoms with van der Waals surface area (Å²) in [6.45, 7) is 0.00719. The largest absolute Gasteiger partial charge is 0.489 e. The van der Waals surface area contributed by atoms with Gasteiger partial charge in [-0.15, -0.1) is 0 Å². The number of anilines is 1. The Kier molecular flexibility index (Phi) is 5.54. The van der Waals surface area contributed by atoms with E-state index in [1.807, 2.05) is 6.07 Å². The highest BCUT2D eigenvalue weighted by Gasteiger charge is 2.31. The van der Waals surface area contributed by atoms with Gasteiger partial charge in [0.15, 0.2) is 0 Å². The molecule has 1 atom stereocenters. The number of likely N-dealkylation sites (N-methyl/N-ethyl adjacent to an activating group) is 1. The molecule has 9 heteroatoms. The lowest BCUT2D eigenvalue weighted by Crippen LogP contribution is -2.50. The number of rotatable bonds is 3. The Labute approximate surface area is 180 Å². The minimum Gasteiger partial charge on any atom is -0.489 e. The van der Waals surface area contributed by atoms with E-state index >= 15 is 0 Å². The lowest BCUT2D eigenvalue weighted by atomic mass is 10.1. The topological polar surface area (TPSA) is 76.5 Å². The van der Waals surface area contributed by atoms with Crippen LogP contribution in [0.15, 0.2) is 59.2 Å². The summed E-state index contributed by atoms with van der Waals surface area (Å²) in [6, 6.07) is 11.8. The predicted octanol–water partition coefficient (Wildman–Crippen LogP) is 3.36. The molecular formula is C21H18BrFN4O3. The van der Waals surface area contributed by atoms with Crippen molar-refractivity contribution in [1.82, 2.24) is 15.1 Å². The third-order valence-corrected chi connectivity index (χ3v) is 5.26. The van der Waals surface area contributed by atoms with Gasteiger partial charge in [0.25, 0.3) is 5.91 Å². The Bertz CT molecular complexity index is 1100. The quantitative estimate of drug-likeness (QED) is 0.633. The van der Waals surface area contributed by atoms with E-state index in [1.165, 1.54) is 23.2 Å². The molecule has 2 aromatic carbocycles. The summed E-state index contributed by atoms with van der Waals surface area (Å²) in [5.74, 6) is -0.0382.